The summed E-state index contributed by atoms with van der Waals surface area (Å²) in [5.74, 6) is 1.04. The van der Waals surface area contributed by atoms with Gasteiger partial charge in [0.15, 0.2) is 0 Å². The van der Waals surface area contributed by atoms with Gasteiger partial charge in [-0.15, -0.1) is 11.8 Å². The summed E-state index contributed by atoms with van der Waals surface area (Å²) in [6.45, 7) is 2.64. The van der Waals surface area contributed by atoms with Gasteiger partial charge >= 0.3 is 0 Å². The fourth-order valence-corrected chi connectivity index (χ4v) is 4.54. The molecule has 148 valence electrons. The minimum Gasteiger partial charge on any atom is -0.357 e. The zero-order chi connectivity index (χ0) is 19.9. The average molecular weight is 404 g/mol. The highest BCUT2D eigenvalue weighted by atomic mass is 32.2. The average Bonchev–Trinajstić information content (AvgIpc) is 3.32. The summed E-state index contributed by atoms with van der Waals surface area (Å²) >= 11 is 1.57. The standard InChI is InChI=1S/C24H25N3OS/c28-24(26-18-19-13-14-22(25-17-19)27-15-7-8-16-27)23(20-9-3-1-4-10-20)29-21-11-5-2-6-12-21/h1-6,9-14,17,23H,7-8,15-16,18H2,(H,26,28)/t23-/m0/s1. The van der Waals surface area contributed by atoms with Gasteiger partial charge in [-0.05, 0) is 42.2 Å². The molecule has 4 nitrogen and oxygen atoms in total. The van der Waals surface area contributed by atoms with E-state index in [2.05, 4.69) is 27.3 Å². The van der Waals surface area contributed by atoms with Gasteiger partial charge in [-0.3, -0.25) is 4.79 Å². The second kappa shape index (κ2) is 9.61. The van der Waals surface area contributed by atoms with Crippen LogP contribution in [0.5, 0.6) is 0 Å². The van der Waals surface area contributed by atoms with Gasteiger partial charge in [-0.2, -0.15) is 0 Å². The first-order chi connectivity index (χ1) is 14.3. The molecule has 2 aromatic carbocycles. The molecule has 1 aromatic heterocycles. The molecule has 1 aliphatic rings. The Balaban J connectivity index is 1.42. The lowest BCUT2D eigenvalue weighted by atomic mass is 10.1. The van der Waals surface area contributed by atoms with Crippen molar-refractivity contribution in [3.63, 3.8) is 0 Å². The predicted octanol–water partition coefficient (Wildman–Crippen LogP) is 4.83. The van der Waals surface area contributed by atoms with Gasteiger partial charge in [0, 0.05) is 30.7 Å². The first-order valence-corrected chi connectivity index (χ1v) is 10.9. The monoisotopic (exact) mass is 403 g/mol. The molecule has 1 amide bonds. The zero-order valence-corrected chi connectivity index (χ0v) is 17.1. The largest absolute Gasteiger partial charge is 0.357 e. The molecule has 0 unspecified atom stereocenters. The Kier molecular flexibility index (Phi) is 6.47. The molecule has 0 bridgehead atoms. The minimum atomic E-state index is -0.296. The number of aromatic nitrogens is 1. The smallest absolute Gasteiger partial charge is 0.238 e. The Morgan fingerprint density at radius 2 is 1.66 bits per heavy atom. The molecule has 4 rings (SSSR count). The maximum Gasteiger partial charge on any atom is 0.238 e. The van der Waals surface area contributed by atoms with E-state index < -0.39 is 0 Å². The molecule has 3 aromatic rings. The van der Waals surface area contributed by atoms with Crippen LogP contribution in [-0.2, 0) is 11.3 Å². The van der Waals surface area contributed by atoms with E-state index >= 15 is 0 Å². The van der Waals surface area contributed by atoms with Crippen LogP contribution in [-0.4, -0.2) is 24.0 Å². The number of nitrogens with zero attached hydrogens (tertiary/aromatic N) is 2. The van der Waals surface area contributed by atoms with Crippen LogP contribution in [0.1, 0.15) is 29.2 Å². The molecule has 1 aliphatic heterocycles. The maximum atomic E-state index is 13.0. The second-order valence-electron chi connectivity index (χ2n) is 7.16. The molecular formula is C24H25N3OS. The van der Waals surface area contributed by atoms with Crippen molar-refractivity contribution in [3.8, 4) is 0 Å². The summed E-state index contributed by atoms with van der Waals surface area (Å²) < 4.78 is 0. The van der Waals surface area contributed by atoms with Gasteiger partial charge in [0.25, 0.3) is 0 Å². The quantitative estimate of drug-likeness (QED) is 0.574. The third-order valence-corrected chi connectivity index (χ3v) is 6.31. The molecule has 1 N–H and O–H groups in total. The number of carbonyl (C=O) groups excluding carboxylic acids is 1. The van der Waals surface area contributed by atoms with Crippen molar-refractivity contribution in [1.82, 2.24) is 10.3 Å². The number of nitrogens with one attached hydrogen (secondary N) is 1. The number of hydrogen-bond acceptors (Lipinski definition) is 4. The summed E-state index contributed by atoms with van der Waals surface area (Å²) in [6, 6.07) is 24.1. The molecule has 1 saturated heterocycles. The minimum absolute atomic E-state index is 0.00803. The molecule has 0 aliphatic carbocycles. The van der Waals surface area contributed by atoms with Crippen LogP contribution in [0.2, 0.25) is 0 Å². The van der Waals surface area contributed by atoms with Gasteiger partial charge in [0.1, 0.15) is 11.1 Å². The molecule has 1 fully saturated rings. The Morgan fingerprint density at radius 1 is 0.966 bits per heavy atom. The van der Waals surface area contributed by atoms with Gasteiger partial charge in [0.2, 0.25) is 5.91 Å². The highest BCUT2D eigenvalue weighted by Crippen LogP contribution is 2.35. The summed E-state index contributed by atoms with van der Waals surface area (Å²) in [6.07, 6.45) is 4.34. The lowest BCUT2D eigenvalue weighted by molar-refractivity contribution is -0.120. The molecule has 29 heavy (non-hydrogen) atoms. The second-order valence-corrected chi connectivity index (χ2v) is 8.34. The van der Waals surface area contributed by atoms with Gasteiger partial charge < -0.3 is 10.2 Å². The summed E-state index contributed by atoms with van der Waals surface area (Å²) in [7, 11) is 0. The van der Waals surface area contributed by atoms with Crippen molar-refractivity contribution in [2.45, 2.75) is 29.5 Å². The van der Waals surface area contributed by atoms with E-state index in [1.54, 1.807) is 11.8 Å². The molecule has 2 heterocycles. The molecule has 1 atom stereocenters. The van der Waals surface area contributed by atoms with E-state index in [1.807, 2.05) is 66.9 Å². The van der Waals surface area contributed by atoms with E-state index in [4.69, 9.17) is 0 Å². The van der Waals surface area contributed by atoms with Crippen LogP contribution < -0.4 is 10.2 Å². The maximum absolute atomic E-state index is 13.0. The zero-order valence-electron chi connectivity index (χ0n) is 16.3. The van der Waals surface area contributed by atoms with Crippen molar-refractivity contribution in [2.24, 2.45) is 0 Å². The van der Waals surface area contributed by atoms with Crippen molar-refractivity contribution >= 4 is 23.5 Å². The first-order valence-electron chi connectivity index (χ1n) is 10.0. The topological polar surface area (TPSA) is 45.2 Å². The first kappa shape index (κ1) is 19.5. The number of anilines is 1. The molecular weight excluding hydrogens is 378 g/mol. The Morgan fingerprint density at radius 3 is 2.31 bits per heavy atom. The van der Waals surface area contributed by atoms with Crippen LogP contribution in [0.25, 0.3) is 0 Å². The normalized spacial score (nSPS) is 14.6. The number of hydrogen-bond donors (Lipinski definition) is 1. The van der Waals surface area contributed by atoms with E-state index in [1.165, 1.54) is 12.8 Å². The third-order valence-electron chi connectivity index (χ3n) is 5.04. The van der Waals surface area contributed by atoms with Crippen molar-refractivity contribution in [1.29, 1.82) is 0 Å². The van der Waals surface area contributed by atoms with E-state index in [0.717, 1.165) is 34.9 Å². The van der Waals surface area contributed by atoms with Crippen LogP contribution in [0.4, 0.5) is 5.82 Å². The number of amides is 1. The summed E-state index contributed by atoms with van der Waals surface area (Å²) in [5, 5.41) is 2.80. The van der Waals surface area contributed by atoms with Crippen LogP contribution >= 0.6 is 11.8 Å². The number of rotatable bonds is 7. The molecule has 0 saturated carbocycles. The predicted molar refractivity (Wildman–Crippen MR) is 119 cm³/mol. The van der Waals surface area contributed by atoms with Crippen molar-refractivity contribution in [3.05, 3.63) is 90.1 Å². The fourth-order valence-electron chi connectivity index (χ4n) is 3.47. The Hall–Kier alpha value is -2.79. The summed E-state index contributed by atoms with van der Waals surface area (Å²) in [4.78, 5) is 21.0. The van der Waals surface area contributed by atoms with Gasteiger partial charge in [-0.1, -0.05) is 54.6 Å². The van der Waals surface area contributed by atoms with E-state index in [0.29, 0.717) is 6.54 Å². The van der Waals surface area contributed by atoms with Crippen LogP contribution in [0, 0.1) is 0 Å². The number of pyridine rings is 1. The van der Waals surface area contributed by atoms with Crippen molar-refractivity contribution in [2.75, 3.05) is 18.0 Å². The lowest BCUT2D eigenvalue weighted by Crippen LogP contribution is -2.27. The number of carbonyl (C=O) groups is 1. The molecule has 0 radical (unpaired) electrons. The number of thioether (sulfide) groups is 1. The van der Waals surface area contributed by atoms with Crippen molar-refractivity contribution < 1.29 is 4.79 Å². The molecule has 0 spiro atoms. The highest BCUT2D eigenvalue weighted by molar-refractivity contribution is 8.00. The Bertz CT molecular complexity index is 910. The fraction of sp³-hybridized carbons (Fsp3) is 0.250. The number of benzene rings is 2. The Labute approximate surface area is 176 Å². The summed E-state index contributed by atoms with van der Waals surface area (Å²) in [5.41, 5.74) is 2.01. The SMILES string of the molecule is O=C(NCc1ccc(N2CCCC2)nc1)[C@@H](Sc1ccccc1)c1ccccc1. The van der Waals surface area contributed by atoms with Crippen LogP contribution in [0.3, 0.4) is 0 Å². The van der Waals surface area contributed by atoms with Crippen LogP contribution in [0.15, 0.2) is 83.9 Å². The molecule has 5 heteroatoms. The highest BCUT2D eigenvalue weighted by Gasteiger charge is 2.22. The van der Waals surface area contributed by atoms with E-state index in [9.17, 15) is 4.79 Å². The van der Waals surface area contributed by atoms with Gasteiger partial charge in [-0.25, -0.2) is 4.98 Å². The lowest BCUT2D eigenvalue weighted by Gasteiger charge is -2.18. The third kappa shape index (κ3) is 5.18. The van der Waals surface area contributed by atoms with Gasteiger partial charge in [0.05, 0.1) is 0 Å². The van der Waals surface area contributed by atoms with E-state index in [-0.39, 0.29) is 11.2 Å².